The number of aromatic nitrogens is 1. The summed E-state index contributed by atoms with van der Waals surface area (Å²) in [6.45, 7) is 4.66. The summed E-state index contributed by atoms with van der Waals surface area (Å²) in [7, 11) is 0. The van der Waals surface area contributed by atoms with E-state index in [1.54, 1.807) is 17.3 Å². The lowest BCUT2D eigenvalue weighted by molar-refractivity contribution is -0.105. The van der Waals surface area contributed by atoms with Crippen molar-refractivity contribution in [2.45, 2.75) is 38.1 Å². The number of carbonyl (C=O) groups excluding carboxylic acids is 1. The summed E-state index contributed by atoms with van der Waals surface area (Å²) in [4.78, 5) is 16.8. The van der Waals surface area contributed by atoms with E-state index in [1.165, 1.54) is 48.8 Å². The number of H-pyrrole nitrogens is 1. The van der Waals surface area contributed by atoms with Crippen LogP contribution in [-0.2, 0) is 11.2 Å². The summed E-state index contributed by atoms with van der Waals surface area (Å²) in [6, 6.07) is 7.40. The van der Waals surface area contributed by atoms with Crippen LogP contribution in [-0.4, -0.2) is 46.8 Å². The number of thioether (sulfide) groups is 1. The van der Waals surface area contributed by atoms with Crippen LogP contribution in [0, 0.1) is 5.92 Å². The lowest BCUT2D eigenvalue weighted by Crippen LogP contribution is -2.50. The van der Waals surface area contributed by atoms with Crippen molar-refractivity contribution in [1.29, 1.82) is 0 Å². The number of hydrogen-bond donors (Lipinski definition) is 1. The normalized spacial score (nSPS) is 26.5. The molecule has 3 unspecified atom stereocenters. The summed E-state index contributed by atoms with van der Waals surface area (Å²) in [6.07, 6.45) is 6.91. The van der Waals surface area contributed by atoms with Gasteiger partial charge in [-0.1, -0.05) is 19.1 Å². The number of aromatic amines is 1. The summed E-state index contributed by atoms with van der Waals surface area (Å²) in [5, 5.41) is 1.48. The minimum absolute atomic E-state index is 0.635. The fourth-order valence-electron chi connectivity index (χ4n) is 4.85. The van der Waals surface area contributed by atoms with E-state index >= 15 is 0 Å². The third kappa shape index (κ3) is 2.80. The van der Waals surface area contributed by atoms with Crippen molar-refractivity contribution in [1.82, 2.24) is 9.88 Å². The van der Waals surface area contributed by atoms with Crippen molar-refractivity contribution in [3.8, 4) is 0 Å². The molecule has 1 aliphatic heterocycles. The van der Waals surface area contributed by atoms with Gasteiger partial charge in [-0.2, -0.15) is 11.8 Å². The van der Waals surface area contributed by atoms with Crippen LogP contribution < -0.4 is 0 Å². The van der Waals surface area contributed by atoms with Gasteiger partial charge in [0.25, 0.3) is 0 Å². The molecule has 3 atom stereocenters. The Labute approximate surface area is 148 Å². The van der Waals surface area contributed by atoms with E-state index in [0.29, 0.717) is 23.6 Å². The molecular formula is C20H26N2OS. The number of fused-ring (bicyclic) bond motifs is 2. The van der Waals surface area contributed by atoms with Crippen molar-refractivity contribution < 1.29 is 4.79 Å². The van der Waals surface area contributed by atoms with E-state index in [2.05, 4.69) is 41.2 Å². The zero-order chi connectivity index (χ0) is 16.5. The third-order valence-electron chi connectivity index (χ3n) is 5.71. The second kappa shape index (κ2) is 6.93. The van der Waals surface area contributed by atoms with Crippen LogP contribution in [0.25, 0.3) is 10.9 Å². The minimum atomic E-state index is 0.635. The number of aldehydes is 1. The molecule has 2 aliphatic rings. The van der Waals surface area contributed by atoms with Gasteiger partial charge in [-0.05, 0) is 54.7 Å². The van der Waals surface area contributed by atoms with E-state index < -0.39 is 0 Å². The Morgan fingerprint density at radius 3 is 3.17 bits per heavy atom. The quantitative estimate of drug-likeness (QED) is 0.640. The molecule has 4 rings (SSSR count). The predicted molar refractivity (Wildman–Crippen MR) is 102 cm³/mol. The van der Waals surface area contributed by atoms with Gasteiger partial charge in [0.1, 0.15) is 6.29 Å². The molecule has 1 fully saturated rings. The number of likely N-dealkylation sites (tertiary alicyclic amines) is 1. The van der Waals surface area contributed by atoms with Crippen LogP contribution in [0.15, 0.2) is 24.4 Å². The lowest BCUT2D eigenvalue weighted by Gasteiger charge is -2.47. The number of piperidine rings is 1. The lowest BCUT2D eigenvalue weighted by atomic mass is 9.72. The fourth-order valence-corrected chi connectivity index (χ4v) is 5.65. The first kappa shape index (κ1) is 16.2. The van der Waals surface area contributed by atoms with Crippen molar-refractivity contribution in [3.05, 3.63) is 35.5 Å². The van der Waals surface area contributed by atoms with Crippen molar-refractivity contribution in [3.63, 3.8) is 0 Å². The van der Waals surface area contributed by atoms with Crippen molar-refractivity contribution >= 4 is 29.0 Å². The van der Waals surface area contributed by atoms with E-state index in [9.17, 15) is 4.79 Å². The average Bonchev–Trinajstić information content (AvgIpc) is 3.01. The second-order valence-electron chi connectivity index (χ2n) is 7.26. The van der Waals surface area contributed by atoms with Gasteiger partial charge in [0.15, 0.2) is 0 Å². The topological polar surface area (TPSA) is 36.1 Å². The molecule has 4 heteroatoms. The molecule has 1 saturated heterocycles. The summed E-state index contributed by atoms with van der Waals surface area (Å²) < 4.78 is 0. The zero-order valence-corrected chi connectivity index (χ0v) is 15.1. The van der Waals surface area contributed by atoms with Crippen LogP contribution >= 0.6 is 11.8 Å². The monoisotopic (exact) mass is 342 g/mol. The Kier molecular flexibility index (Phi) is 4.68. The highest BCUT2D eigenvalue weighted by Gasteiger charge is 2.40. The van der Waals surface area contributed by atoms with Crippen LogP contribution in [0.2, 0.25) is 0 Å². The molecule has 0 spiro atoms. The second-order valence-corrected chi connectivity index (χ2v) is 8.34. The maximum absolute atomic E-state index is 10.6. The first-order chi connectivity index (χ1) is 11.8. The Bertz CT molecular complexity index is 725. The molecule has 0 bridgehead atoms. The number of nitrogens with one attached hydrogen (secondary N) is 1. The maximum atomic E-state index is 10.6. The highest BCUT2D eigenvalue weighted by atomic mass is 32.2. The standard InChI is InChI=1S/C20H26N2OS/c1-2-6-22-12-14(13-24-8-7-23)9-17-16-4-3-5-18-20(16)15(11-21-18)10-19(17)22/h3-5,7,11,14,17,19,21H,2,6,8-10,12-13H2,1H3. The van der Waals surface area contributed by atoms with Gasteiger partial charge in [-0.25, -0.2) is 0 Å². The number of carbonyl (C=O) groups is 1. The molecule has 1 N–H and O–H groups in total. The summed E-state index contributed by atoms with van der Waals surface area (Å²) in [5.74, 6) is 3.08. The number of benzene rings is 1. The molecule has 2 aromatic rings. The van der Waals surface area contributed by atoms with Gasteiger partial charge < -0.3 is 9.78 Å². The molecule has 1 aromatic carbocycles. The van der Waals surface area contributed by atoms with Gasteiger partial charge in [0, 0.05) is 41.4 Å². The average molecular weight is 343 g/mol. The largest absolute Gasteiger partial charge is 0.361 e. The number of rotatable bonds is 6. The Balaban J connectivity index is 1.65. The van der Waals surface area contributed by atoms with Gasteiger partial charge >= 0.3 is 0 Å². The summed E-state index contributed by atoms with van der Waals surface area (Å²) in [5.41, 5.74) is 4.34. The Hall–Kier alpha value is -1.26. The molecule has 3 nitrogen and oxygen atoms in total. The van der Waals surface area contributed by atoms with Crippen molar-refractivity contribution in [2.24, 2.45) is 5.92 Å². The molecule has 2 heterocycles. The van der Waals surface area contributed by atoms with Crippen LogP contribution in [0.3, 0.4) is 0 Å². The van der Waals surface area contributed by atoms with E-state index in [4.69, 9.17) is 0 Å². The van der Waals surface area contributed by atoms with Crippen molar-refractivity contribution in [2.75, 3.05) is 24.6 Å². The molecule has 128 valence electrons. The van der Waals surface area contributed by atoms with Gasteiger partial charge in [0.2, 0.25) is 0 Å². The number of nitrogens with zero attached hydrogens (tertiary/aromatic N) is 1. The van der Waals surface area contributed by atoms with Gasteiger partial charge in [0.05, 0.1) is 0 Å². The molecule has 0 saturated carbocycles. The zero-order valence-electron chi connectivity index (χ0n) is 14.3. The van der Waals surface area contributed by atoms with Gasteiger partial charge in [-0.15, -0.1) is 0 Å². The smallest absolute Gasteiger partial charge is 0.129 e. The highest BCUT2D eigenvalue weighted by molar-refractivity contribution is 7.99. The molecular weight excluding hydrogens is 316 g/mol. The highest BCUT2D eigenvalue weighted by Crippen LogP contribution is 2.45. The van der Waals surface area contributed by atoms with E-state index in [-0.39, 0.29) is 0 Å². The maximum Gasteiger partial charge on any atom is 0.129 e. The molecule has 1 aromatic heterocycles. The molecule has 0 radical (unpaired) electrons. The summed E-state index contributed by atoms with van der Waals surface area (Å²) >= 11 is 1.80. The Morgan fingerprint density at radius 2 is 2.33 bits per heavy atom. The minimum Gasteiger partial charge on any atom is -0.361 e. The van der Waals surface area contributed by atoms with Crippen LogP contribution in [0.4, 0.5) is 0 Å². The molecule has 1 aliphatic carbocycles. The Morgan fingerprint density at radius 1 is 1.42 bits per heavy atom. The molecule has 24 heavy (non-hydrogen) atoms. The van der Waals surface area contributed by atoms with E-state index in [1.807, 2.05) is 0 Å². The third-order valence-corrected chi connectivity index (χ3v) is 6.79. The van der Waals surface area contributed by atoms with E-state index in [0.717, 1.165) is 12.0 Å². The number of hydrogen-bond acceptors (Lipinski definition) is 3. The molecule has 0 amide bonds. The van der Waals surface area contributed by atoms with Crippen LogP contribution in [0.5, 0.6) is 0 Å². The van der Waals surface area contributed by atoms with Gasteiger partial charge in [-0.3, -0.25) is 4.90 Å². The SMILES string of the molecule is CCCN1CC(CSCC=O)CC2c3cccc4[nH]cc(c34)CC21. The first-order valence-corrected chi connectivity index (χ1v) is 10.3. The first-order valence-electron chi connectivity index (χ1n) is 9.16. The fraction of sp³-hybridized carbons (Fsp3) is 0.550. The predicted octanol–water partition coefficient (Wildman–Crippen LogP) is 3.84. The van der Waals surface area contributed by atoms with Crippen LogP contribution in [0.1, 0.15) is 36.8 Å².